The van der Waals surface area contributed by atoms with E-state index in [1.54, 1.807) is 13.8 Å². The van der Waals surface area contributed by atoms with Gasteiger partial charge in [0.15, 0.2) is 0 Å². The molecule has 0 bridgehead atoms. The number of H-pyrrole nitrogens is 1. The van der Waals surface area contributed by atoms with Gasteiger partial charge in [-0.3, -0.25) is 14.3 Å². The molecular weight excluding hydrogens is 294 g/mol. The molecule has 2 N–H and O–H groups in total. The summed E-state index contributed by atoms with van der Waals surface area (Å²) in [4.78, 5) is 26.9. The Morgan fingerprint density at radius 1 is 1.22 bits per heavy atom. The summed E-state index contributed by atoms with van der Waals surface area (Å²) in [6, 6.07) is 7.31. The molecule has 1 aromatic heterocycles. The number of nitrogens with one attached hydrogen (secondary N) is 2. The third-order valence-electron chi connectivity index (χ3n) is 4.13. The molecule has 122 valence electrons. The van der Waals surface area contributed by atoms with Crippen molar-refractivity contribution in [2.75, 3.05) is 5.32 Å². The Bertz CT molecular complexity index is 804. The topological polar surface area (TPSA) is 76.1 Å². The summed E-state index contributed by atoms with van der Waals surface area (Å²) in [5.41, 5.74) is 2.79. The molecule has 6 heteroatoms. The Morgan fingerprint density at radius 3 is 2.70 bits per heavy atom. The van der Waals surface area contributed by atoms with Crippen LogP contribution in [0.5, 0.6) is 0 Å². The largest absolute Gasteiger partial charge is 0.372 e. The molecule has 3 rings (SSSR count). The second-order valence-corrected chi connectivity index (χ2v) is 6.13. The molecule has 0 amide bonds. The molecule has 0 saturated carbocycles. The number of aromatic amines is 1. The van der Waals surface area contributed by atoms with Crippen LogP contribution in [0.1, 0.15) is 49.5 Å². The lowest BCUT2D eigenvalue weighted by Gasteiger charge is -2.18. The minimum absolute atomic E-state index is 0.0448. The van der Waals surface area contributed by atoms with Crippen molar-refractivity contribution in [2.24, 2.45) is 0 Å². The average molecular weight is 315 g/mol. The van der Waals surface area contributed by atoms with Gasteiger partial charge >= 0.3 is 5.69 Å². The van der Waals surface area contributed by atoms with Gasteiger partial charge < -0.3 is 10.1 Å². The first-order chi connectivity index (χ1) is 11.0. The van der Waals surface area contributed by atoms with E-state index in [1.807, 2.05) is 19.1 Å². The lowest BCUT2D eigenvalue weighted by atomic mass is 9.98. The van der Waals surface area contributed by atoms with E-state index >= 15 is 0 Å². The lowest BCUT2D eigenvalue weighted by Crippen LogP contribution is -2.36. The second kappa shape index (κ2) is 6.04. The van der Waals surface area contributed by atoms with Crippen molar-refractivity contribution in [1.82, 2.24) is 9.55 Å². The van der Waals surface area contributed by atoms with Crippen molar-refractivity contribution >= 4 is 5.82 Å². The number of nitrogens with zero attached hydrogens (tertiary/aromatic N) is 1. The molecule has 2 aromatic rings. The number of hydrogen-bond acceptors (Lipinski definition) is 4. The smallest absolute Gasteiger partial charge is 0.330 e. The first kappa shape index (κ1) is 15.6. The minimum Gasteiger partial charge on any atom is -0.372 e. The molecule has 1 aliphatic rings. The van der Waals surface area contributed by atoms with Gasteiger partial charge in [0.2, 0.25) is 0 Å². The predicted octanol–water partition coefficient (Wildman–Crippen LogP) is 2.32. The molecule has 0 aliphatic carbocycles. The Labute approximate surface area is 134 Å². The number of fused-ring (bicyclic) bond motifs is 1. The van der Waals surface area contributed by atoms with Crippen LogP contribution in [-0.4, -0.2) is 9.55 Å². The van der Waals surface area contributed by atoms with Crippen LogP contribution in [0.25, 0.3) is 0 Å². The van der Waals surface area contributed by atoms with Crippen molar-refractivity contribution in [2.45, 2.75) is 46.1 Å². The van der Waals surface area contributed by atoms with E-state index in [0.717, 1.165) is 5.56 Å². The molecule has 2 heterocycles. The maximum atomic E-state index is 12.1. The monoisotopic (exact) mass is 315 g/mol. The maximum Gasteiger partial charge on any atom is 0.330 e. The van der Waals surface area contributed by atoms with Crippen molar-refractivity contribution in [1.29, 1.82) is 0 Å². The van der Waals surface area contributed by atoms with Crippen molar-refractivity contribution in [3.8, 4) is 0 Å². The molecule has 23 heavy (non-hydrogen) atoms. The summed E-state index contributed by atoms with van der Waals surface area (Å²) in [5, 5.41) is 3.21. The number of benzene rings is 1. The van der Waals surface area contributed by atoms with Crippen LogP contribution >= 0.6 is 0 Å². The number of anilines is 1. The fraction of sp³-hybridized carbons (Fsp3) is 0.412. The van der Waals surface area contributed by atoms with Gasteiger partial charge in [-0.15, -0.1) is 0 Å². The molecule has 0 saturated heterocycles. The van der Waals surface area contributed by atoms with Crippen molar-refractivity contribution < 1.29 is 4.74 Å². The van der Waals surface area contributed by atoms with E-state index in [2.05, 4.69) is 16.4 Å². The second-order valence-electron chi connectivity index (χ2n) is 6.13. The average Bonchev–Trinajstić information content (AvgIpc) is 2.94. The van der Waals surface area contributed by atoms with Crippen LogP contribution in [0.2, 0.25) is 0 Å². The summed E-state index contributed by atoms with van der Waals surface area (Å²) in [5.74, 6) is 0.431. The Kier molecular flexibility index (Phi) is 4.09. The van der Waals surface area contributed by atoms with Crippen LogP contribution in [0.4, 0.5) is 5.82 Å². The van der Waals surface area contributed by atoms with Gasteiger partial charge in [0, 0.05) is 12.1 Å². The SMILES string of the molecule is CC(C)n1c(=O)cc(N[C@@H](C)c2cccc3c2COC3)[nH]c1=O. The van der Waals surface area contributed by atoms with Gasteiger partial charge in [-0.25, -0.2) is 4.79 Å². The van der Waals surface area contributed by atoms with E-state index in [1.165, 1.54) is 21.8 Å². The van der Waals surface area contributed by atoms with E-state index in [-0.39, 0.29) is 17.6 Å². The Morgan fingerprint density at radius 2 is 2.00 bits per heavy atom. The van der Waals surface area contributed by atoms with Gasteiger partial charge in [0.1, 0.15) is 5.82 Å². The molecule has 0 spiro atoms. The number of rotatable bonds is 4. The highest BCUT2D eigenvalue weighted by atomic mass is 16.5. The normalized spacial score (nSPS) is 14.8. The molecule has 6 nitrogen and oxygen atoms in total. The minimum atomic E-state index is -0.399. The molecule has 1 aromatic carbocycles. The molecule has 0 unspecified atom stereocenters. The van der Waals surface area contributed by atoms with Crippen LogP contribution in [0, 0.1) is 0 Å². The summed E-state index contributed by atoms with van der Waals surface area (Å²) in [7, 11) is 0. The van der Waals surface area contributed by atoms with Crippen LogP contribution in [0.3, 0.4) is 0 Å². The van der Waals surface area contributed by atoms with E-state index < -0.39 is 5.69 Å². The van der Waals surface area contributed by atoms with Gasteiger partial charge in [-0.1, -0.05) is 18.2 Å². The van der Waals surface area contributed by atoms with E-state index in [4.69, 9.17) is 4.74 Å². The van der Waals surface area contributed by atoms with Crippen molar-refractivity contribution in [3.63, 3.8) is 0 Å². The first-order valence-corrected chi connectivity index (χ1v) is 7.78. The molecule has 0 radical (unpaired) electrons. The van der Waals surface area contributed by atoms with Gasteiger partial charge in [0.25, 0.3) is 5.56 Å². The predicted molar refractivity (Wildman–Crippen MR) is 88.7 cm³/mol. The van der Waals surface area contributed by atoms with Crippen LogP contribution < -0.4 is 16.6 Å². The van der Waals surface area contributed by atoms with Crippen LogP contribution in [-0.2, 0) is 18.0 Å². The van der Waals surface area contributed by atoms with Gasteiger partial charge in [-0.2, -0.15) is 0 Å². The Balaban J connectivity index is 1.90. The third kappa shape index (κ3) is 2.94. The maximum absolute atomic E-state index is 12.1. The molecule has 0 fully saturated rings. The quantitative estimate of drug-likeness (QED) is 0.908. The highest BCUT2D eigenvalue weighted by Gasteiger charge is 2.19. The van der Waals surface area contributed by atoms with Crippen molar-refractivity contribution in [3.05, 3.63) is 61.8 Å². The lowest BCUT2D eigenvalue weighted by molar-refractivity contribution is 0.134. The zero-order valence-corrected chi connectivity index (χ0v) is 13.6. The Hall–Kier alpha value is -2.34. The standard InChI is InChI=1S/C17H21N3O3/c1-10(2)20-16(21)7-15(19-17(20)22)18-11(3)13-6-4-5-12-8-23-9-14(12)13/h4-7,10-11,18H,8-9H2,1-3H3,(H,19,22)/t11-/m0/s1. The van der Waals surface area contributed by atoms with Gasteiger partial charge in [-0.05, 0) is 37.5 Å². The summed E-state index contributed by atoms with van der Waals surface area (Å²) in [6.45, 7) is 6.85. The fourth-order valence-electron chi connectivity index (χ4n) is 3.02. The highest BCUT2D eigenvalue weighted by molar-refractivity contribution is 5.43. The zero-order valence-electron chi connectivity index (χ0n) is 13.6. The summed E-state index contributed by atoms with van der Waals surface area (Å²) >= 11 is 0. The molecule has 1 aliphatic heterocycles. The number of hydrogen-bond donors (Lipinski definition) is 2. The fourth-order valence-corrected chi connectivity index (χ4v) is 3.02. The molecular formula is C17H21N3O3. The zero-order chi connectivity index (χ0) is 16.6. The first-order valence-electron chi connectivity index (χ1n) is 7.78. The molecule has 1 atom stereocenters. The van der Waals surface area contributed by atoms with E-state index in [9.17, 15) is 9.59 Å². The van der Waals surface area contributed by atoms with Crippen LogP contribution in [0.15, 0.2) is 33.9 Å². The third-order valence-corrected chi connectivity index (χ3v) is 4.13. The summed E-state index contributed by atoms with van der Waals surface area (Å²) in [6.07, 6.45) is 0. The highest BCUT2D eigenvalue weighted by Crippen LogP contribution is 2.28. The number of ether oxygens (including phenoxy) is 1. The van der Waals surface area contributed by atoms with E-state index in [0.29, 0.717) is 19.0 Å². The summed E-state index contributed by atoms with van der Waals surface area (Å²) < 4.78 is 6.70. The van der Waals surface area contributed by atoms with Gasteiger partial charge in [0.05, 0.1) is 19.3 Å². The number of aromatic nitrogens is 2.